The minimum absolute atomic E-state index is 0.0785. The molecule has 2 aromatic rings. The van der Waals surface area contributed by atoms with Crippen LogP contribution in [0.25, 0.3) is 11.1 Å². The van der Waals surface area contributed by atoms with Crippen LogP contribution in [0.15, 0.2) is 42.5 Å². The molecule has 0 aromatic heterocycles. The lowest BCUT2D eigenvalue weighted by atomic mass is 9.75. The molecule has 0 unspecified atom stereocenters. The average molecular weight is 349 g/mol. The molecule has 0 radical (unpaired) electrons. The number of hydrogen-bond donors (Lipinski definition) is 1. The molecule has 3 aliphatic rings. The number of carbonyl (C=O) groups excluding carboxylic acids is 1. The van der Waals surface area contributed by atoms with Gasteiger partial charge in [-0.2, -0.15) is 0 Å². The second kappa shape index (κ2) is 5.61. The highest BCUT2D eigenvalue weighted by Gasteiger charge is 2.44. The molecule has 26 heavy (non-hydrogen) atoms. The Labute approximate surface area is 151 Å². The van der Waals surface area contributed by atoms with Gasteiger partial charge in [0.05, 0.1) is 6.04 Å². The highest BCUT2D eigenvalue weighted by atomic mass is 16.7. The molecule has 2 atom stereocenters. The van der Waals surface area contributed by atoms with Crippen molar-refractivity contribution in [3.8, 4) is 22.6 Å². The van der Waals surface area contributed by atoms with Crippen LogP contribution in [0.3, 0.4) is 0 Å². The van der Waals surface area contributed by atoms with Crippen molar-refractivity contribution in [2.75, 3.05) is 13.3 Å². The molecular formula is C21H19NO4. The van der Waals surface area contributed by atoms with E-state index in [0.717, 1.165) is 40.0 Å². The largest absolute Gasteiger partial charge is 0.454 e. The van der Waals surface area contributed by atoms with Crippen LogP contribution >= 0.6 is 0 Å². The van der Waals surface area contributed by atoms with E-state index in [1.165, 1.54) is 0 Å². The van der Waals surface area contributed by atoms with Crippen LogP contribution in [0.5, 0.6) is 11.5 Å². The molecule has 2 aromatic carbocycles. The Bertz CT molecular complexity index is 949. The van der Waals surface area contributed by atoms with Crippen LogP contribution in [-0.2, 0) is 11.2 Å². The summed E-state index contributed by atoms with van der Waals surface area (Å²) in [5.74, 6) is 1.38. The molecule has 5 rings (SSSR count). The van der Waals surface area contributed by atoms with Gasteiger partial charge in [0.1, 0.15) is 6.10 Å². The van der Waals surface area contributed by atoms with Crippen LogP contribution in [0, 0.1) is 0 Å². The van der Waals surface area contributed by atoms with Crippen molar-refractivity contribution in [2.45, 2.75) is 25.5 Å². The first-order valence-corrected chi connectivity index (χ1v) is 8.86. The zero-order valence-electron chi connectivity index (χ0n) is 14.4. The van der Waals surface area contributed by atoms with Crippen LogP contribution in [0.1, 0.15) is 35.8 Å². The predicted molar refractivity (Wildman–Crippen MR) is 95.9 cm³/mol. The molecule has 0 fully saturated rings. The smallest absolute Gasteiger partial charge is 0.246 e. The molecule has 2 heterocycles. The first kappa shape index (κ1) is 15.5. The van der Waals surface area contributed by atoms with Gasteiger partial charge in [-0.1, -0.05) is 30.3 Å². The summed E-state index contributed by atoms with van der Waals surface area (Å²) >= 11 is 0. The fourth-order valence-corrected chi connectivity index (χ4v) is 4.42. The Morgan fingerprint density at radius 1 is 1.31 bits per heavy atom. The summed E-state index contributed by atoms with van der Waals surface area (Å²) in [6, 6.07) is 9.38. The van der Waals surface area contributed by atoms with Gasteiger partial charge < -0.3 is 19.5 Å². The molecule has 0 saturated carbocycles. The second-order valence-corrected chi connectivity index (χ2v) is 6.82. The van der Waals surface area contributed by atoms with E-state index in [1.54, 1.807) is 17.1 Å². The number of rotatable bonds is 1. The number of allylic oxidation sites excluding steroid dienone is 1. The molecule has 1 amide bonds. The van der Waals surface area contributed by atoms with E-state index in [1.807, 2.05) is 37.3 Å². The number of nitrogens with zero attached hydrogens (tertiary/aromatic N) is 1. The van der Waals surface area contributed by atoms with Crippen LogP contribution in [0.4, 0.5) is 0 Å². The Balaban J connectivity index is 1.80. The van der Waals surface area contributed by atoms with E-state index in [2.05, 4.69) is 0 Å². The number of fused-ring (bicyclic) bond motifs is 4. The number of carbonyl (C=O) groups is 1. The van der Waals surface area contributed by atoms with E-state index < -0.39 is 12.1 Å². The fourth-order valence-electron chi connectivity index (χ4n) is 4.42. The third-order valence-corrected chi connectivity index (χ3v) is 5.48. The van der Waals surface area contributed by atoms with Crippen molar-refractivity contribution in [1.29, 1.82) is 0 Å². The number of ether oxygens (including phenoxy) is 2. The third kappa shape index (κ3) is 1.98. The van der Waals surface area contributed by atoms with E-state index in [-0.39, 0.29) is 12.7 Å². The molecule has 0 bridgehead atoms. The fraction of sp³-hybridized carbons (Fsp3) is 0.286. The van der Waals surface area contributed by atoms with Crippen molar-refractivity contribution in [1.82, 2.24) is 4.90 Å². The van der Waals surface area contributed by atoms with Gasteiger partial charge in [-0.05, 0) is 47.7 Å². The van der Waals surface area contributed by atoms with E-state index in [9.17, 15) is 9.90 Å². The van der Waals surface area contributed by atoms with Gasteiger partial charge in [-0.15, -0.1) is 0 Å². The van der Waals surface area contributed by atoms with E-state index in [0.29, 0.717) is 12.3 Å². The van der Waals surface area contributed by atoms with Crippen LogP contribution < -0.4 is 9.47 Å². The van der Waals surface area contributed by atoms with Gasteiger partial charge in [0.15, 0.2) is 11.5 Å². The normalized spacial score (nSPS) is 22.3. The summed E-state index contributed by atoms with van der Waals surface area (Å²) < 4.78 is 11.4. The highest BCUT2D eigenvalue weighted by molar-refractivity contribution is 5.90. The number of hydrogen-bond acceptors (Lipinski definition) is 4. The molecular weight excluding hydrogens is 330 g/mol. The molecule has 5 heteroatoms. The molecule has 132 valence electrons. The second-order valence-electron chi connectivity index (χ2n) is 6.82. The van der Waals surface area contributed by atoms with Crippen molar-refractivity contribution in [3.05, 3.63) is 59.2 Å². The molecule has 0 spiro atoms. The lowest BCUT2D eigenvalue weighted by molar-refractivity contribution is -0.132. The summed E-state index contributed by atoms with van der Waals surface area (Å²) in [5.41, 5.74) is 4.84. The maximum absolute atomic E-state index is 12.7. The Morgan fingerprint density at radius 2 is 2.15 bits per heavy atom. The number of aliphatic hydroxyl groups is 1. The number of amides is 1. The van der Waals surface area contributed by atoms with Crippen molar-refractivity contribution < 1.29 is 19.4 Å². The van der Waals surface area contributed by atoms with Gasteiger partial charge >= 0.3 is 0 Å². The van der Waals surface area contributed by atoms with Crippen molar-refractivity contribution >= 4 is 5.91 Å². The summed E-state index contributed by atoms with van der Waals surface area (Å²) in [4.78, 5) is 14.4. The molecule has 2 aliphatic heterocycles. The lowest BCUT2D eigenvalue weighted by Crippen LogP contribution is -2.43. The molecule has 0 saturated heterocycles. The average Bonchev–Trinajstić information content (AvgIpc) is 3.12. The van der Waals surface area contributed by atoms with Crippen LogP contribution in [-0.4, -0.2) is 29.3 Å². The maximum Gasteiger partial charge on any atom is 0.246 e. The van der Waals surface area contributed by atoms with Gasteiger partial charge in [-0.3, -0.25) is 4.79 Å². The maximum atomic E-state index is 12.7. The number of aliphatic hydroxyl groups excluding tert-OH is 1. The summed E-state index contributed by atoms with van der Waals surface area (Å²) in [6.45, 7) is 2.59. The third-order valence-electron chi connectivity index (χ3n) is 5.48. The summed E-state index contributed by atoms with van der Waals surface area (Å²) in [5, 5.41) is 11.2. The monoisotopic (exact) mass is 349 g/mol. The van der Waals surface area contributed by atoms with Gasteiger partial charge in [0.2, 0.25) is 12.7 Å². The standard InChI is InChI=1S/C21H19NO4/c1-2-5-16(23)22-9-8-12-10-15-21(26-11-25-15)18-13-6-3-4-7-14(13)20(24)19(22)17(12)18/h2-7,10,19-20,24H,8-9,11H2,1H3/t19-,20-/m1/s1. The molecule has 5 nitrogen and oxygen atoms in total. The molecule has 1 aliphatic carbocycles. The zero-order chi connectivity index (χ0) is 17.8. The van der Waals surface area contributed by atoms with Gasteiger partial charge in [0.25, 0.3) is 0 Å². The first-order chi connectivity index (χ1) is 12.7. The zero-order valence-corrected chi connectivity index (χ0v) is 14.4. The Kier molecular flexibility index (Phi) is 3.34. The quantitative estimate of drug-likeness (QED) is 0.804. The van der Waals surface area contributed by atoms with Crippen molar-refractivity contribution in [2.24, 2.45) is 0 Å². The van der Waals surface area contributed by atoms with Gasteiger partial charge in [0, 0.05) is 12.1 Å². The van der Waals surface area contributed by atoms with Gasteiger partial charge in [-0.25, -0.2) is 0 Å². The van der Waals surface area contributed by atoms with E-state index >= 15 is 0 Å². The lowest BCUT2D eigenvalue weighted by Gasteiger charge is -2.44. The summed E-state index contributed by atoms with van der Waals surface area (Å²) in [7, 11) is 0. The summed E-state index contributed by atoms with van der Waals surface area (Å²) in [6.07, 6.45) is 3.26. The molecule has 1 N–H and O–H groups in total. The highest BCUT2D eigenvalue weighted by Crippen LogP contribution is 2.56. The first-order valence-electron chi connectivity index (χ1n) is 8.86. The SMILES string of the molecule is CC=CC(=O)N1CCc2cc3c(c4c2[C@@H]1[C@H](O)c1ccccc1-4)OCO3. The van der Waals surface area contributed by atoms with E-state index in [4.69, 9.17) is 9.47 Å². The van der Waals surface area contributed by atoms with Crippen LogP contribution in [0.2, 0.25) is 0 Å². The predicted octanol–water partition coefficient (Wildman–Crippen LogP) is 3.13. The minimum atomic E-state index is -0.771. The minimum Gasteiger partial charge on any atom is -0.454 e. The Morgan fingerprint density at radius 3 is 3.00 bits per heavy atom. The Hall–Kier alpha value is -2.79. The number of benzene rings is 2. The topological polar surface area (TPSA) is 59.0 Å². The van der Waals surface area contributed by atoms with Crippen molar-refractivity contribution in [3.63, 3.8) is 0 Å².